The van der Waals surface area contributed by atoms with Gasteiger partial charge in [0.15, 0.2) is 0 Å². The first kappa shape index (κ1) is 11.3. The molecule has 0 spiro atoms. The SMILES string of the molecule is CC1(C(=O)O)CC(Nc2nccc(C#N)n2)C1. The van der Waals surface area contributed by atoms with Gasteiger partial charge in [-0.2, -0.15) is 5.26 Å². The third-order valence-electron chi connectivity index (χ3n) is 3.01. The van der Waals surface area contributed by atoms with Crippen molar-refractivity contribution in [2.45, 2.75) is 25.8 Å². The number of aliphatic carboxylic acids is 1. The van der Waals surface area contributed by atoms with Gasteiger partial charge in [0.2, 0.25) is 5.95 Å². The molecular weight excluding hydrogens is 220 g/mol. The Morgan fingerprint density at radius 2 is 2.41 bits per heavy atom. The molecule has 1 aromatic rings. The largest absolute Gasteiger partial charge is 0.481 e. The van der Waals surface area contributed by atoms with Crippen LogP contribution in [0.3, 0.4) is 0 Å². The van der Waals surface area contributed by atoms with Crippen LogP contribution < -0.4 is 5.32 Å². The molecule has 17 heavy (non-hydrogen) atoms. The molecule has 0 aromatic carbocycles. The molecule has 1 fully saturated rings. The van der Waals surface area contributed by atoms with Crippen LogP contribution in [0.4, 0.5) is 5.95 Å². The van der Waals surface area contributed by atoms with E-state index >= 15 is 0 Å². The van der Waals surface area contributed by atoms with Crippen LogP contribution in [0.1, 0.15) is 25.5 Å². The highest BCUT2D eigenvalue weighted by molar-refractivity contribution is 5.75. The van der Waals surface area contributed by atoms with E-state index in [-0.39, 0.29) is 6.04 Å². The molecule has 6 heteroatoms. The van der Waals surface area contributed by atoms with Crippen LogP contribution in [0, 0.1) is 16.7 Å². The van der Waals surface area contributed by atoms with E-state index in [9.17, 15) is 4.79 Å². The second kappa shape index (κ2) is 4.01. The van der Waals surface area contributed by atoms with Gasteiger partial charge >= 0.3 is 5.97 Å². The molecule has 0 atom stereocenters. The number of nitrogens with one attached hydrogen (secondary N) is 1. The highest BCUT2D eigenvalue weighted by atomic mass is 16.4. The van der Waals surface area contributed by atoms with E-state index in [2.05, 4.69) is 15.3 Å². The molecule has 0 unspecified atom stereocenters. The highest BCUT2D eigenvalue weighted by Gasteiger charge is 2.46. The number of carboxylic acid groups (broad SMARTS) is 1. The molecular formula is C11H12N4O2. The number of hydrogen-bond donors (Lipinski definition) is 2. The van der Waals surface area contributed by atoms with Gasteiger partial charge in [0, 0.05) is 12.2 Å². The van der Waals surface area contributed by atoms with Gasteiger partial charge in [-0.15, -0.1) is 0 Å². The fourth-order valence-electron chi connectivity index (χ4n) is 1.98. The summed E-state index contributed by atoms with van der Waals surface area (Å²) in [5, 5.41) is 20.7. The lowest BCUT2D eigenvalue weighted by atomic mass is 9.67. The van der Waals surface area contributed by atoms with Crippen molar-refractivity contribution < 1.29 is 9.90 Å². The summed E-state index contributed by atoms with van der Waals surface area (Å²) in [6, 6.07) is 3.51. The number of nitriles is 1. The predicted molar refractivity (Wildman–Crippen MR) is 59.1 cm³/mol. The van der Waals surface area contributed by atoms with Gasteiger partial charge in [-0.1, -0.05) is 0 Å². The Kier molecular flexibility index (Phi) is 2.68. The zero-order chi connectivity index (χ0) is 12.5. The van der Waals surface area contributed by atoms with Crippen molar-refractivity contribution in [1.82, 2.24) is 9.97 Å². The number of carboxylic acids is 1. The number of hydrogen-bond acceptors (Lipinski definition) is 5. The Bertz CT molecular complexity index is 488. The monoisotopic (exact) mass is 232 g/mol. The summed E-state index contributed by atoms with van der Waals surface area (Å²) in [6.07, 6.45) is 2.59. The van der Waals surface area contributed by atoms with Crippen molar-refractivity contribution in [2.24, 2.45) is 5.41 Å². The quantitative estimate of drug-likeness (QED) is 0.807. The van der Waals surface area contributed by atoms with Crippen molar-refractivity contribution in [3.63, 3.8) is 0 Å². The van der Waals surface area contributed by atoms with Crippen molar-refractivity contribution >= 4 is 11.9 Å². The van der Waals surface area contributed by atoms with E-state index in [0.717, 1.165) is 0 Å². The molecule has 0 bridgehead atoms. The maximum Gasteiger partial charge on any atom is 0.309 e. The molecule has 6 nitrogen and oxygen atoms in total. The van der Waals surface area contributed by atoms with E-state index in [0.29, 0.717) is 24.5 Å². The molecule has 0 aliphatic heterocycles. The molecule has 1 aliphatic rings. The minimum atomic E-state index is -0.776. The van der Waals surface area contributed by atoms with Gasteiger partial charge in [-0.3, -0.25) is 4.79 Å². The number of aromatic nitrogens is 2. The molecule has 1 saturated carbocycles. The van der Waals surface area contributed by atoms with Crippen molar-refractivity contribution in [2.75, 3.05) is 5.32 Å². The maximum atomic E-state index is 10.9. The van der Waals surface area contributed by atoms with Crippen LogP contribution in [0.2, 0.25) is 0 Å². The molecule has 88 valence electrons. The van der Waals surface area contributed by atoms with Crippen LogP contribution in [-0.2, 0) is 4.79 Å². The van der Waals surface area contributed by atoms with Crippen molar-refractivity contribution in [3.8, 4) is 6.07 Å². The maximum absolute atomic E-state index is 10.9. The first-order valence-corrected chi connectivity index (χ1v) is 5.26. The van der Waals surface area contributed by atoms with Crippen LogP contribution in [0.5, 0.6) is 0 Å². The molecule has 0 radical (unpaired) electrons. The third kappa shape index (κ3) is 2.18. The average molecular weight is 232 g/mol. The lowest BCUT2D eigenvalue weighted by Gasteiger charge is -2.41. The predicted octanol–water partition coefficient (Wildman–Crippen LogP) is 1.01. The molecule has 2 N–H and O–H groups in total. The van der Waals surface area contributed by atoms with E-state index in [1.54, 1.807) is 6.92 Å². The number of anilines is 1. The summed E-state index contributed by atoms with van der Waals surface area (Å²) in [6.45, 7) is 1.72. The fraction of sp³-hybridized carbons (Fsp3) is 0.455. The Labute approximate surface area is 98.3 Å². The first-order chi connectivity index (χ1) is 8.03. The van der Waals surface area contributed by atoms with E-state index < -0.39 is 11.4 Å². The fourth-order valence-corrected chi connectivity index (χ4v) is 1.98. The third-order valence-corrected chi connectivity index (χ3v) is 3.01. The Balaban J connectivity index is 1.96. The van der Waals surface area contributed by atoms with Gasteiger partial charge in [0.05, 0.1) is 5.41 Å². The van der Waals surface area contributed by atoms with Crippen LogP contribution in [0.15, 0.2) is 12.3 Å². The van der Waals surface area contributed by atoms with E-state index in [4.69, 9.17) is 10.4 Å². The summed E-state index contributed by atoms with van der Waals surface area (Å²) < 4.78 is 0. The van der Waals surface area contributed by atoms with Crippen LogP contribution in [-0.4, -0.2) is 27.1 Å². The zero-order valence-corrected chi connectivity index (χ0v) is 9.34. The minimum Gasteiger partial charge on any atom is -0.481 e. The first-order valence-electron chi connectivity index (χ1n) is 5.26. The van der Waals surface area contributed by atoms with Crippen LogP contribution >= 0.6 is 0 Å². The van der Waals surface area contributed by atoms with E-state index in [1.165, 1.54) is 12.3 Å². The zero-order valence-electron chi connectivity index (χ0n) is 9.34. The topological polar surface area (TPSA) is 98.9 Å². The Morgan fingerprint density at radius 3 is 3.00 bits per heavy atom. The minimum absolute atomic E-state index is 0.0602. The molecule has 0 amide bonds. The molecule has 2 rings (SSSR count). The summed E-state index contributed by atoms with van der Waals surface area (Å²) in [5.74, 6) is -0.399. The van der Waals surface area contributed by atoms with Gasteiger partial charge < -0.3 is 10.4 Å². The van der Waals surface area contributed by atoms with Gasteiger partial charge in [0.25, 0.3) is 0 Å². The summed E-state index contributed by atoms with van der Waals surface area (Å²) in [4.78, 5) is 18.9. The van der Waals surface area contributed by atoms with Crippen LogP contribution in [0.25, 0.3) is 0 Å². The van der Waals surface area contributed by atoms with Gasteiger partial charge in [0.1, 0.15) is 11.8 Å². The Morgan fingerprint density at radius 1 is 1.71 bits per heavy atom. The molecule has 1 heterocycles. The van der Waals surface area contributed by atoms with Crippen molar-refractivity contribution in [1.29, 1.82) is 5.26 Å². The lowest BCUT2D eigenvalue weighted by Crippen LogP contribution is -2.48. The second-order valence-electron chi connectivity index (χ2n) is 4.49. The summed E-state index contributed by atoms with van der Waals surface area (Å²) in [7, 11) is 0. The summed E-state index contributed by atoms with van der Waals surface area (Å²) in [5.41, 5.74) is -0.354. The number of rotatable bonds is 3. The number of nitrogens with zero attached hydrogens (tertiary/aromatic N) is 3. The average Bonchev–Trinajstić information content (AvgIpc) is 2.27. The highest BCUT2D eigenvalue weighted by Crippen LogP contribution is 2.41. The van der Waals surface area contributed by atoms with Gasteiger partial charge in [-0.25, -0.2) is 9.97 Å². The summed E-state index contributed by atoms with van der Waals surface area (Å²) >= 11 is 0. The second-order valence-corrected chi connectivity index (χ2v) is 4.49. The lowest BCUT2D eigenvalue weighted by molar-refractivity contribution is -0.153. The molecule has 1 aliphatic carbocycles. The standard InChI is InChI=1S/C11H12N4O2/c1-11(9(16)17)4-8(5-11)15-10-13-3-2-7(6-12)14-10/h2-3,8H,4-5H2,1H3,(H,16,17)(H,13,14,15). The van der Waals surface area contributed by atoms with Gasteiger partial charge in [-0.05, 0) is 25.8 Å². The Hall–Kier alpha value is -2.16. The van der Waals surface area contributed by atoms with E-state index in [1.807, 2.05) is 6.07 Å². The normalized spacial score (nSPS) is 26.7. The smallest absolute Gasteiger partial charge is 0.309 e. The molecule has 0 saturated heterocycles. The number of carbonyl (C=O) groups is 1. The molecule has 1 aromatic heterocycles. The van der Waals surface area contributed by atoms with Crippen molar-refractivity contribution in [3.05, 3.63) is 18.0 Å².